The number of benzene rings is 1. The van der Waals surface area contributed by atoms with E-state index < -0.39 is 22.9 Å². The van der Waals surface area contributed by atoms with Gasteiger partial charge in [0, 0.05) is 0 Å². The molecule has 0 spiro atoms. The van der Waals surface area contributed by atoms with Crippen molar-refractivity contribution < 1.29 is 18.3 Å². The van der Waals surface area contributed by atoms with E-state index in [1.807, 2.05) is 0 Å². The molecule has 1 aromatic carbocycles. The van der Waals surface area contributed by atoms with Crippen LogP contribution in [-0.2, 0) is 11.1 Å². The molecule has 1 aliphatic carbocycles. The minimum Gasteiger partial charge on any atom is -0.771 e. The second-order valence-corrected chi connectivity index (χ2v) is 5.72. The molecule has 0 radical (unpaired) electrons. The Morgan fingerprint density at radius 2 is 2.00 bits per heavy atom. The van der Waals surface area contributed by atoms with Gasteiger partial charge in [-0.05, 0) is 48.9 Å². The van der Waals surface area contributed by atoms with E-state index >= 15 is 0 Å². The molecular formula is C14H18NO4S-. The summed E-state index contributed by atoms with van der Waals surface area (Å²) in [6, 6.07) is 6.93. The standard InChI is InChI=1S/C14H19NO4S/c16-14(15-10-20(17)18)12-8-4-5-9-13(12)19-11-6-2-1-3-7-11/h4-5,8-9,11H,1-3,6-7,10H2,(H,15,16)(H,17,18)/p-1. The Morgan fingerprint density at radius 1 is 1.30 bits per heavy atom. The summed E-state index contributed by atoms with van der Waals surface area (Å²) in [6.45, 7) is 0. The van der Waals surface area contributed by atoms with E-state index in [0.29, 0.717) is 11.3 Å². The van der Waals surface area contributed by atoms with Gasteiger partial charge in [0.05, 0.1) is 17.5 Å². The lowest BCUT2D eigenvalue weighted by atomic mass is 9.97. The summed E-state index contributed by atoms with van der Waals surface area (Å²) in [5.74, 6) is -0.300. The Bertz CT molecular complexity index is 486. The van der Waals surface area contributed by atoms with Crippen LogP contribution in [0.25, 0.3) is 0 Å². The summed E-state index contributed by atoms with van der Waals surface area (Å²) in [6.07, 6.45) is 5.67. The average Bonchev–Trinajstić information content (AvgIpc) is 2.46. The third kappa shape index (κ3) is 4.31. The molecule has 2 rings (SSSR count). The van der Waals surface area contributed by atoms with Crippen LogP contribution >= 0.6 is 0 Å². The van der Waals surface area contributed by atoms with Gasteiger partial charge in [-0.1, -0.05) is 18.6 Å². The lowest BCUT2D eigenvalue weighted by molar-refractivity contribution is 0.0947. The number of para-hydroxylation sites is 1. The summed E-state index contributed by atoms with van der Waals surface area (Å²) in [7, 11) is 0. The second kappa shape index (κ2) is 7.40. The molecule has 0 bridgehead atoms. The van der Waals surface area contributed by atoms with Crippen molar-refractivity contribution in [3.63, 3.8) is 0 Å². The number of amides is 1. The SMILES string of the molecule is O=C(NCS(=O)[O-])c1ccccc1OC1CCCCC1. The molecule has 0 aliphatic heterocycles. The van der Waals surface area contributed by atoms with Gasteiger partial charge >= 0.3 is 0 Å². The quantitative estimate of drug-likeness (QED) is 0.843. The highest BCUT2D eigenvalue weighted by Gasteiger charge is 2.18. The van der Waals surface area contributed by atoms with Gasteiger partial charge < -0.3 is 14.6 Å². The summed E-state index contributed by atoms with van der Waals surface area (Å²) in [5, 5.41) is 2.34. The van der Waals surface area contributed by atoms with Crippen LogP contribution in [0.15, 0.2) is 24.3 Å². The predicted octanol–water partition coefficient (Wildman–Crippen LogP) is 1.96. The first kappa shape index (κ1) is 15.0. The summed E-state index contributed by atoms with van der Waals surface area (Å²) in [5.41, 5.74) is 0.378. The highest BCUT2D eigenvalue weighted by atomic mass is 32.2. The van der Waals surface area contributed by atoms with Gasteiger partial charge in [-0.2, -0.15) is 0 Å². The van der Waals surface area contributed by atoms with E-state index in [-0.39, 0.29) is 6.10 Å². The Labute approximate surface area is 121 Å². The first-order valence-corrected chi connectivity index (χ1v) is 8.01. The van der Waals surface area contributed by atoms with E-state index in [2.05, 4.69) is 5.32 Å². The highest BCUT2D eigenvalue weighted by molar-refractivity contribution is 7.79. The fourth-order valence-electron chi connectivity index (χ4n) is 2.34. The van der Waals surface area contributed by atoms with Crippen molar-refractivity contribution in [3.05, 3.63) is 29.8 Å². The summed E-state index contributed by atoms with van der Waals surface area (Å²) in [4.78, 5) is 11.9. The third-order valence-corrected chi connectivity index (χ3v) is 3.71. The zero-order chi connectivity index (χ0) is 14.4. The first-order valence-electron chi connectivity index (χ1n) is 6.76. The minimum absolute atomic E-state index is 0.145. The lowest BCUT2D eigenvalue weighted by Crippen LogP contribution is -2.28. The van der Waals surface area contributed by atoms with Gasteiger partial charge in [-0.3, -0.25) is 9.00 Å². The first-order chi connectivity index (χ1) is 9.66. The lowest BCUT2D eigenvalue weighted by Gasteiger charge is -2.24. The van der Waals surface area contributed by atoms with E-state index in [0.717, 1.165) is 25.7 Å². The Balaban J connectivity index is 2.04. The van der Waals surface area contributed by atoms with Crippen LogP contribution < -0.4 is 10.1 Å². The van der Waals surface area contributed by atoms with Gasteiger partial charge in [0.1, 0.15) is 5.75 Å². The summed E-state index contributed by atoms with van der Waals surface area (Å²) >= 11 is -2.30. The molecule has 0 aromatic heterocycles. The predicted molar refractivity (Wildman–Crippen MR) is 75.2 cm³/mol. The molecule has 0 heterocycles. The van der Waals surface area contributed by atoms with Crippen molar-refractivity contribution in [3.8, 4) is 5.75 Å². The summed E-state index contributed by atoms with van der Waals surface area (Å²) < 4.78 is 26.9. The fourth-order valence-corrected chi connectivity index (χ4v) is 2.59. The number of hydrogen-bond donors (Lipinski definition) is 1. The van der Waals surface area contributed by atoms with Crippen LogP contribution in [0, 0.1) is 0 Å². The van der Waals surface area contributed by atoms with Crippen LogP contribution in [0.1, 0.15) is 42.5 Å². The number of ether oxygens (including phenoxy) is 1. The maximum Gasteiger partial charge on any atom is 0.255 e. The van der Waals surface area contributed by atoms with Crippen molar-refractivity contribution in [2.75, 3.05) is 5.88 Å². The second-order valence-electron chi connectivity index (χ2n) is 4.83. The molecule has 1 amide bonds. The van der Waals surface area contributed by atoms with Crippen LogP contribution in [0.2, 0.25) is 0 Å². The molecule has 1 saturated carbocycles. The topological polar surface area (TPSA) is 78.5 Å². The van der Waals surface area contributed by atoms with Crippen molar-refractivity contribution >= 4 is 17.0 Å². The molecule has 1 N–H and O–H groups in total. The van der Waals surface area contributed by atoms with Crippen LogP contribution in [0.3, 0.4) is 0 Å². The molecule has 1 atom stereocenters. The molecule has 110 valence electrons. The van der Waals surface area contributed by atoms with Crippen molar-refractivity contribution in [1.29, 1.82) is 0 Å². The van der Waals surface area contributed by atoms with Crippen molar-refractivity contribution in [2.45, 2.75) is 38.2 Å². The zero-order valence-electron chi connectivity index (χ0n) is 11.2. The maximum absolute atomic E-state index is 11.9. The van der Waals surface area contributed by atoms with E-state index in [9.17, 15) is 13.6 Å². The Hall–Kier alpha value is -1.40. The Kier molecular flexibility index (Phi) is 5.55. The largest absolute Gasteiger partial charge is 0.771 e. The van der Waals surface area contributed by atoms with E-state index in [4.69, 9.17) is 4.74 Å². The number of hydrogen-bond acceptors (Lipinski definition) is 4. The van der Waals surface area contributed by atoms with E-state index in [1.165, 1.54) is 6.42 Å². The molecule has 20 heavy (non-hydrogen) atoms. The molecule has 6 heteroatoms. The number of nitrogens with one attached hydrogen (secondary N) is 1. The van der Waals surface area contributed by atoms with Gasteiger partial charge in [0.2, 0.25) is 0 Å². The van der Waals surface area contributed by atoms with Crippen molar-refractivity contribution in [2.24, 2.45) is 0 Å². The van der Waals surface area contributed by atoms with Gasteiger partial charge in [-0.15, -0.1) is 0 Å². The monoisotopic (exact) mass is 296 g/mol. The molecular weight excluding hydrogens is 278 g/mol. The van der Waals surface area contributed by atoms with Crippen LogP contribution in [0.4, 0.5) is 0 Å². The smallest absolute Gasteiger partial charge is 0.255 e. The normalized spacial score (nSPS) is 17.4. The van der Waals surface area contributed by atoms with Crippen LogP contribution in [-0.4, -0.2) is 26.6 Å². The van der Waals surface area contributed by atoms with E-state index in [1.54, 1.807) is 24.3 Å². The molecule has 1 fully saturated rings. The van der Waals surface area contributed by atoms with Gasteiger partial charge in [0.15, 0.2) is 0 Å². The Morgan fingerprint density at radius 3 is 2.70 bits per heavy atom. The third-order valence-electron chi connectivity index (χ3n) is 3.33. The molecule has 5 nitrogen and oxygen atoms in total. The minimum atomic E-state index is -2.30. The number of carbonyl (C=O) groups excluding carboxylic acids is 1. The van der Waals surface area contributed by atoms with Gasteiger partial charge in [0.25, 0.3) is 5.91 Å². The highest BCUT2D eigenvalue weighted by Crippen LogP contribution is 2.25. The van der Waals surface area contributed by atoms with Crippen molar-refractivity contribution in [1.82, 2.24) is 5.32 Å². The number of rotatable bonds is 5. The maximum atomic E-state index is 11.9. The van der Waals surface area contributed by atoms with Crippen LogP contribution in [0.5, 0.6) is 5.75 Å². The molecule has 1 aliphatic rings. The molecule has 0 saturated heterocycles. The fraction of sp³-hybridized carbons (Fsp3) is 0.500. The average molecular weight is 296 g/mol. The number of carbonyl (C=O) groups is 1. The van der Waals surface area contributed by atoms with Gasteiger partial charge in [-0.25, -0.2) is 0 Å². The zero-order valence-corrected chi connectivity index (χ0v) is 12.0. The molecule has 1 aromatic rings. The molecule has 1 unspecified atom stereocenters.